The fourth-order valence-electron chi connectivity index (χ4n) is 2.31. The summed E-state index contributed by atoms with van der Waals surface area (Å²) >= 11 is 0. The van der Waals surface area contributed by atoms with E-state index in [1.807, 2.05) is 0 Å². The van der Waals surface area contributed by atoms with E-state index in [1.165, 1.54) is 64.2 Å². The van der Waals surface area contributed by atoms with Gasteiger partial charge in [-0.05, 0) is 6.42 Å². The molecule has 0 atom stereocenters. The Morgan fingerprint density at radius 3 is 1.90 bits per heavy atom. The molecule has 4 nitrogen and oxygen atoms in total. The molecule has 0 amide bonds. The summed E-state index contributed by atoms with van der Waals surface area (Å²) in [6, 6.07) is 0. The predicted molar refractivity (Wildman–Crippen MR) is 87.8 cm³/mol. The summed E-state index contributed by atoms with van der Waals surface area (Å²) in [6.45, 7) is 4.29. The molecule has 0 aliphatic carbocycles. The number of rotatable bonds is 17. The van der Waals surface area contributed by atoms with Crippen LogP contribution in [0.2, 0.25) is 0 Å². The first-order chi connectivity index (χ1) is 10.3. The lowest BCUT2D eigenvalue weighted by Gasteiger charge is -2.05. The highest BCUT2D eigenvalue weighted by atomic mass is 16.5. The Balaban J connectivity index is 2.95. The lowest BCUT2D eigenvalue weighted by Crippen LogP contribution is -2.26. The molecule has 0 heterocycles. The minimum absolute atomic E-state index is 0.0157. The smallest absolute Gasteiger partial charge is 0.317 e. The molecule has 0 aromatic heterocycles. The fraction of sp³-hybridized carbons (Fsp3) is 0.941. The molecular weight excluding hydrogens is 266 g/mol. The van der Waals surface area contributed by atoms with Crippen molar-refractivity contribution in [1.82, 2.24) is 5.32 Å². The molecular formula is C17H35NO3. The first kappa shape index (κ1) is 20.4. The topological polar surface area (TPSA) is 58.6 Å². The van der Waals surface area contributed by atoms with Crippen LogP contribution in [-0.4, -0.2) is 37.4 Å². The highest BCUT2D eigenvalue weighted by molar-refractivity contribution is 5.68. The van der Waals surface area contributed by atoms with Crippen molar-refractivity contribution in [1.29, 1.82) is 0 Å². The molecule has 0 spiro atoms. The van der Waals surface area contributed by atoms with E-state index in [1.54, 1.807) is 0 Å². The Hall–Kier alpha value is -0.610. The second-order valence-corrected chi connectivity index (χ2v) is 5.72. The number of carboxylic acid groups (broad SMARTS) is 1. The van der Waals surface area contributed by atoms with E-state index < -0.39 is 5.97 Å². The molecule has 0 aliphatic rings. The highest BCUT2D eigenvalue weighted by Crippen LogP contribution is 2.11. The van der Waals surface area contributed by atoms with E-state index in [-0.39, 0.29) is 6.54 Å². The third kappa shape index (κ3) is 19.4. The second-order valence-electron chi connectivity index (χ2n) is 5.72. The molecule has 0 aliphatic heterocycles. The van der Waals surface area contributed by atoms with E-state index in [0.717, 1.165) is 13.0 Å². The summed E-state index contributed by atoms with van der Waals surface area (Å²) in [7, 11) is 0. The minimum atomic E-state index is -0.819. The van der Waals surface area contributed by atoms with Crippen LogP contribution in [0.5, 0.6) is 0 Å². The lowest BCUT2D eigenvalue weighted by molar-refractivity contribution is -0.136. The zero-order valence-corrected chi connectivity index (χ0v) is 13.9. The number of ether oxygens (including phenoxy) is 1. The van der Waals surface area contributed by atoms with Crippen molar-refractivity contribution in [3.63, 3.8) is 0 Å². The minimum Gasteiger partial charge on any atom is -0.480 e. The van der Waals surface area contributed by atoms with Crippen molar-refractivity contribution in [2.75, 3.05) is 26.3 Å². The second kappa shape index (κ2) is 17.4. The van der Waals surface area contributed by atoms with Crippen LogP contribution in [0.25, 0.3) is 0 Å². The summed E-state index contributed by atoms with van der Waals surface area (Å²) in [5.41, 5.74) is 0. The highest BCUT2D eigenvalue weighted by Gasteiger charge is 1.95. The summed E-state index contributed by atoms with van der Waals surface area (Å²) < 4.78 is 5.44. The van der Waals surface area contributed by atoms with Crippen LogP contribution in [0, 0.1) is 0 Å². The molecule has 0 radical (unpaired) electrons. The van der Waals surface area contributed by atoms with Gasteiger partial charge in [0.25, 0.3) is 0 Å². The predicted octanol–water partition coefficient (Wildman–Crippen LogP) is 3.99. The molecule has 2 N–H and O–H groups in total. The van der Waals surface area contributed by atoms with Crippen LogP contribution >= 0.6 is 0 Å². The number of nitrogens with one attached hydrogen (secondary N) is 1. The van der Waals surface area contributed by atoms with Gasteiger partial charge in [0.15, 0.2) is 0 Å². The van der Waals surface area contributed by atoms with Gasteiger partial charge in [-0.1, -0.05) is 71.1 Å². The van der Waals surface area contributed by atoms with Crippen molar-refractivity contribution < 1.29 is 14.6 Å². The third-order valence-electron chi connectivity index (χ3n) is 3.59. The molecule has 21 heavy (non-hydrogen) atoms. The van der Waals surface area contributed by atoms with E-state index in [9.17, 15) is 4.79 Å². The van der Waals surface area contributed by atoms with Crippen LogP contribution < -0.4 is 5.32 Å². The Morgan fingerprint density at radius 1 is 0.857 bits per heavy atom. The quantitative estimate of drug-likeness (QED) is 0.399. The van der Waals surface area contributed by atoms with E-state index in [4.69, 9.17) is 9.84 Å². The molecule has 0 aromatic carbocycles. The Kier molecular flexibility index (Phi) is 16.9. The largest absolute Gasteiger partial charge is 0.480 e. The summed E-state index contributed by atoms with van der Waals surface area (Å²) in [4.78, 5) is 10.2. The average molecular weight is 301 g/mol. The van der Waals surface area contributed by atoms with Gasteiger partial charge in [0.1, 0.15) is 0 Å². The van der Waals surface area contributed by atoms with Gasteiger partial charge in [-0.15, -0.1) is 0 Å². The van der Waals surface area contributed by atoms with Crippen LogP contribution in [0.3, 0.4) is 0 Å². The van der Waals surface area contributed by atoms with Gasteiger partial charge >= 0.3 is 5.97 Å². The van der Waals surface area contributed by atoms with Crippen LogP contribution in [0.1, 0.15) is 77.6 Å². The summed E-state index contributed by atoms with van der Waals surface area (Å²) in [5.74, 6) is -0.819. The number of hydrogen-bond acceptors (Lipinski definition) is 3. The van der Waals surface area contributed by atoms with E-state index in [2.05, 4.69) is 12.2 Å². The van der Waals surface area contributed by atoms with Crippen molar-refractivity contribution in [3.05, 3.63) is 0 Å². The molecule has 126 valence electrons. The van der Waals surface area contributed by atoms with Gasteiger partial charge in [-0.2, -0.15) is 0 Å². The fourth-order valence-corrected chi connectivity index (χ4v) is 2.31. The third-order valence-corrected chi connectivity index (χ3v) is 3.59. The first-order valence-electron chi connectivity index (χ1n) is 8.77. The molecule has 4 heteroatoms. The molecule has 0 aromatic rings. The van der Waals surface area contributed by atoms with Crippen molar-refractivity contribution in [3.8, 4) is 0 Å². The number of carbonyl (C=O) groups is 1. The number of hydrogen-bond donors (Lipinski definition) is 2. The first-order valence-corrected chi connectivity index (χ1v) is 8.77. The number of aliphatic carboxylic acids is 1. The zero-order valence-electron chi connectivity index (χ0n) is 13.9. The van der Waals surface area contributed by atoms with Crippen LogP contribution in [-0.2, 0) is 9.53 Å². The molecule has 0 unspecified atom stereocenters. The Morgan fingerprint density at radius 2 is 1.38 bits per heavy atom. The summed E-state index contributed by atoms with van der Waals surface area (Å²) in [5, 5.41) is 11.2. The maximum atomic E-state index is 10.2. The average Bonchev–Trinajstić information content (AvgIpc) is 2.46. The van der Waals surface area contributed by atoms with Crippen molar-refractivity contribution in [2.24, 2.45) is 0 Å². The van der Waals surface area contributed by atoms with Gasteiger partial charge in [0, 0.05) is 13.2 Å². The Bertz CT molecular complexity index is 222. The number of carboxylic acids is 1. The maximum Gasteiger partial charge on any atom is 0.317 e. The normalized spacial score (nSPS) is 10.9. The van der Waals surface area contributed by atoms with Crippen molar-refractivity contribution >= 4 is 5.97 Å². The summed E-state index contributed by atoms with van der Waals surface area (Å²) in [6.07, 6.45) is 14.8. The van der Waals surface area contributed by atoms with Gasteiger partial charge < -0.3 is 15.2 Å². The maximum absolute atomic E-state index is 10.2. The SMILES string of the molecule is CCCCCCCCCCCCCOCCNCC(=O)O. The molecule has 0 saturated heterocycles. The standard InChI is InChI=1S/C17H35NO3/c1-2-3-4-5-6-7-8-9-10-11-12-14-21-15-13-18-16-17(19)20/h18H,2-16H2,1H3,(H,19,20). The molecule has 0 rings (SSSR count). The molecule has 0 bridgehead atoms. The van der Waals surface area contributed by atoms with E-state index >= 15 is 0 Å². The van der Waals surface area contributed by atoms with E-state index in [0.29, 0.717) is 13.2 Å². The van der Waals surface area contributed by atoms with Crippen LogP contribution in [0.4, 0.5) is 0 Å². The van der Waals surface area contributed by atoms with Gasteiger partial charge in [0.05, 0.1) is 13.2 Å². The van der Waals surface area contributed by atoms with Crippen molar-refractivity contribution in [2.45, 2.75) is 77.6 Å². The Labute approximate surface area is 130 Å². The van der Waals surface area contributed by atoms with Gasteiger partial charge in [0.2, 0.25) is 0 Å². The van der Waals surface area contributed by atoms with Crippen LogP contribution in [0.15, 0.2) is 0 Å². The van der Waals surface area contributed by atoms with Gasteiger partial charge in [-0.3, -0.25) is 4.79 Å². The molecule has 0 saturated carbocycles. The lowest BCUT2D eigenvalue weighted by atomic mass is 10.1. The number of unbranched alkanes of at least 4 members (excludes halogenated alkanes) is 10. The van der Waals surface area contributed by atoms with Gasteiger partial charge in [-0.25, -0.2) is 0 Å². The molecule has 0 fully saturated rings. The monoisotopic (exact) mass is 301 g/mol. The zero-order chi connectivity index (χ0) is 15.6.